The topological polar surface area (TPSA) is 184 Å². The van der Waals surface area contributed by atoms with Crippen LogP contribution in [0.3, 0.4) is 0 Å². The van der Waals surface area contributed by atoms with Crippen molar-refractivity contribution < 1.29 is 42.0 Å². The van der Waals surface area contributed by atoms with E-state index >= 15 is 0 Å². The monoisotopic (exact) mass is 741 g/mol. The fourth-order valence-corrected chi connectivity index (χ4v) is 7.25. The minimum absolute atomic E-state index is 0. The number of fused-ring (bicyclic) bond motifs is 2. The molecule has 2 amide bonds. The summed E-state index contributed by atoms with van der Waals surface area (Å²) in [6.07, 6.45) is 1.52. The predicted octanol–water partition coefficient (Wildman–Crippen LogP) is -1.88. The number of tetrazole rings is 1. The molecule has 1 saturated heterocycles. The highest BCUT2D eigenvalue weighted by Crippen LogP contribution is 2.34. The van der Waals surface area contributed by atoms with E-state index in [1.54, 1.807) is 30.5 Å². The normalized spacial score (nSPS) is 17.0. The average molecular weight is 742 g/mol. The van der Waals surface area contributed by atoms with Gasteiger partial charge in [-0.2, -0.15) is 4.31 Å². The second kappa shape index (κ2) is 12.2. The summed E-state index contributed by atoms with van der Waals surface area (Å²) in [6.45, 7) is 1.91. The molecule has 4 aromatic rings. The lowest BCUT2D eigenvalue weighted by Gasteiger charge is -2.39. The van der Waals surface area contributed by atoms with Crippen LogP contribution < -0.4 is 34.3 Å². The van der Waals surface area contributed by atoms with Crippen LogP contribution in [0.1, 0.15) is 17.9 Å². The van der Waals surface area contributed by atoms with Gasteiger partial charge >= 0.3 is 11.0 Å². The van der Waals surface area contributed by atoms with Crippen LogP contribution in [0.4, 0.5) is 5.69 Å². The van der Waals surface area contributed by atoms with E-state index in [1.807, 2.05) is 6.92 Å². The van der Waals surface area contributed by atoms with Gasteiger partial charge in [0.1, 0.15) is 9.92 Å². The molecule has 1 aromatic carbocycles. The Hall–Kier alpha value is -3.13. The molecule has 0 spiro atoms. The summed E-state index contributed by atoms with van der Waals surface area (Å²) in [5.74, 6) is -0.414. The van der Waals surface area contributed by atoms with Crippen molar-refractivity contribution in [3.05, 3.63) is 53.1 Å². The van der Waals surface area contributed by atoms with Gasteiger partial charge in [0.2, 0.25) is 5.91 Å². The highest BCUT2D eigenvalue weighted by molar-refractivity contribution is 8.16. The van der Waals surface area contributed by atoms with Crippen LogP contribution in [-0.4, -0.2) is 90.7 Å². The number of rotatable bonds is 7. The van der Waals surface area contributed by atoms with E-state index in [1.165, 1.54) is 27.0 Å². The second-order valence-electron chi connectivity index (χ2n) is 9.52. The number of pyridine rings is 1. The highest BCUT2D eigenvalue weighted by atomic mass is 127. The van der Waals surface area contributed by atoms with Crippen LogP contribution in [0, 0.1) is 6.92 Å². The molecule has 14 nitrogen and oxygen atoms in total. The van der Waals surface area contributed by atoms with Gasteiger partial charge in [-0.3, -0.25) is 14.6 Å². The van der Waals surface area contributed by atoms with Crippen molar-refractivity contribution in [2.75, 3.05) is 19.6 Å². The number of piperazine rings is 1. The third kappa shape index (κ3) is 6.14. The van der Waals surface area contributed by atoms with Crippen LogP contribution >= 0.6 is 23.4 Å². The van der Waals surface area contributed by atoms with Gasteiger partial charge in [-0.05, 0) is 41.6 Å². The molecule has 6 rings (SSSR count). The molecular weight excluding hydrogens is 719 g/mol. The molecule has 1 radical (unpaired) electrons. The second-order valence-corrected chi connectivity index (χ2v) is 12.9. The summed E-state index contributed by atoms with van der Waals surface area (Å²) < 4.78 is 28.6. The first-order valence-corrected chi connectivity index (χ1v) is 15.1. The van der Waals surface area contributed by atoms with E-state index in [0.29, 0.717) is 27.4 Å². The minimum atomic E-state index is -3.98. The Kier molecular flexibility index (Phi) is 8.83. The molecule has 1 atom stereocenters. The van der Waals surface area contributed by atoms with Crippen molar-refractivity contribution in [3.63, 3.8) is 0 Å². The Labute approximate surface area is 266 Å². The van der Waals surface area contributed by atoms with Gasteiger partial charge in [-0.25, -0.2) is 13.5 Å². The Morgan fingerprint density at radius 1 is 1.24 bits per heavy atom. The number of nitrogens with one attached hydrogen (secondary N) is 3. The smallest absolute Gasteiger partial charge is 0.381 e. The van der Waals surface area contributed by atoms with Crippen molar-refractivity contribution in [2.24, 2.45) is 0 Å². The molecule has 0 bridgehead atoms. The lowest BCUT2D eigenvalue weighted by Crippen LogP contribution is -3.00. The minimum Gasteiger partial charge on any atom is -1.00 e. The maximum Gasteiger partial charge on any atom is 0.381 e. The van der Waals surface area contributed by atoms with Crippen molar-refractivity contribution >= 4 is 66.8 Å². The highest BCUT2D eigenvalue weighted by Gasteiger charge is 2.44. The third-order valence-electron chi connectivity index (χ3n) is 6.74. The Bertz CT molecular complexity index is 1800. The number of hydrogen-bond acceptors (Lipinski definition) is 10. The van der Waals surface area contributed by atoms with Crippen molar-refractivity contribution in [1.29, 1.82) is 0 Å². The number of aliphatic imine (C=N–C) groups is 1. The summed E-state index contributed by atoms with van der Waals surface area (Å²) in [5, 5.41) is 17.3. The zero-order valence-corrected chi connectivity index (χ0v) is 26.5. The molecular formula is C24H23ClIN10O4S2. The average Bonchev–Trinajstić information content (AvgIpc) is 3.71. The number of aromatic nitrogens is 6. The van der Waals surface area contributed by atoms with Gasteiger partial charge in [0.15, 0.2) is 5.82 Å². The molecule has 1 fully saturated rings. The molecule has 0 aliphatic carbocycles. The third-order valence-corrected chi connectivity index (χ3v) is 9.76. The number of amides is 2. The molecule has 3 N–H and O–H groups in total. The molecule has 18 heteroatoms. The standard InChI is InChI=1S/C24H23ClN10O4S2.HI/c1-13-6-18-19(10-26-13)40-23(29-18)24(37)35-5-4-34(12-16(35)9-21(36)27-11-20-30-32-33-31-20)41(38,39)22-8-14-7-15(25)2-3-17(14)28-22;/h2-3,6-8,10,16,28H,4-5,9,11-12H2,1H3,(H,27,36)(H,30,31,32,33);1H/q+1;/p-1. The SMILES string of the molecule is Cc1cc2c(cn1)SC(C(=O)N1CCN(S(=O)(=O)c3cc4cc(Cl)ccc4[nH]3)CC1CC(=O)NCc1nnn[nH]1)=[N+]2.[I-]. The number of halogens is 2. The van der Waals surface area contributed by atoms with Crippen LogP contribution in [0.25, 0.3) is 10.9 Å². The molecule has 3 aromatic heterocycles. The number of hydrogen-bond donors (Lipinski definition) is 3. The molecule has 219 valence electrons. The van der Waals surface area contributed by atoms with Crippen LogP contribution in [-0.2, 0) is 26.2 Å². The number of thioether (sulfide) groups is 1. The first-order valence-electron chi connectivity index (χ1n) is 12.5. The number of H-pyrrole nitrogens is 2. The first kappa shape index (κ1) is 30.3. The maximum absolute atomic E-state index is 13.7. The van der Waals surface area contributed by atoms with Gasteiger partial charge in [0.05, 0.1) is 17.6 Å². The molecule has 2 aliphatic rings. The van der Waals surface area contributed by atoms with Gasteiger partial charge in [0.25, 0.3) is 15.7 Å². The summed E-state index contributed by atoms with van der Waals surface area (Å²) in [6, 6.07) is 7.62. The van der Waals surface area contributed by atoms with Crippen molar-refractivity contribution in [2.45, 2.75) is 35.9 Å². The number of carbonyl (C=O) groups excluding carboxylic acids is 2. The fraction of sp³-hybridized carbons (Fsp3) is 0.292. The predicted molar refractivity (Wildman–Crippen MR) is 150 cm³/mol. The Morgan fingerprint density at radius 3 is 2.86 bits per heavy atom. The lowest BCUT2D eigenvalue weighted by atomic mass is 10.1. The van der Waals surface area contributed by atoms with Crippen LogP contribution in [0.15, 0.2) is 46.5 Å². The summed E-state index contributed by atoms with van der Waals surface area (Å²) in [7, 11) is -3.98. The van der Waals surface area contributed by atoms with Gasteiger partial charge in [-0.15, -0.1) is 5.10 Å². The van der Waals surface area contributed by atoms with Crippen molar-refractivity contribution in [1.82, 2.24) is 50.1 Å². The summed E-state index contributed by atoms with van der Waals surface area (Å²) >= 11 is 7.28. The number of sulfonamides is 1. The zero-order valence-electron chi connectivity index (χ0n) is 21.9. The Balaban J connectivity index is 0.00000353. The molecule has 2 aliphatic heterocycles. The van der Waals surface area contributed by atoms with E-state index in [-0.39, 0.29) is 72.6 Å². The number of aromatic amines is 2. The van der Waals surface area contributed by atoms with E-state index in [4.69, 9.17) is 11.6 Å². The number of aryl methyl sites for hydroxylation is 1. The number of carbonyl (C=O) groups is 2. The quantitative estimate of drug-likeness (QED) is 0.183. The van der Waals surface area contributed by atoms with Crippen molar-refractivity contribution in [3.8, 4) is 0 Å². The van der Waals surface area contributed by atoms with E-state index in [9.17, 15) is 18.0 Å². The zero-order chi connectivity index (χ0) is 28.7. The summed E-state index contributed by atoms with van der Waals surface area (Å²) in [5.41, 5.74) is 2.05. The molecule has 0 saturated carbocycles. The van der Waals surface area contributed by atoms with E-state index in [2.05, 4.69) is 40.9 Å². The lowest BCUT2D eigenvalue weighted by molar-refractivity contribution is -0.130. The van der Waals surface area contributed by atoms with Gasteiger partial charge in [-0.1, -0.05) is 11.6 Å². The van der Waals surface area contributed by atoms with Gasteiger partial charge < -0.3 is 39.2 Å². The Morgan fingerprint density at radius 2 is 2.07 bits per heavy atom. The number of benzene rings is 1. The molecule has 42 heavy (non-hydrogen) atoms. The first-order chi connectivity index (χ1) is 19.7. The molecule has 1 unspecified atom stereocenters. The summed E-state index contributed by atoms with van der Waals surface area (Å²) in [4.78, 5) is 40.6. The molecule has 5 heterocycles. The van der Waals surface area contributed by atoms with E-state index < -0.39 is 22.0 Å². The number of nitrogens with zero attached hydrogens (tertiary/aromatic N) is 7. The fourth-order valence-electron chi connectivity index (χ4n) is 4.71. The van der Waals surface area contributed by atoms with Crippen LogP contribution in [0.5, 0.6) is 0 Å². The van der Waals surface area contributed by atoms with E-state index in [0.717, 1.165) is 10.6 Å². The van der Waals surface area contributed by atoms with Crippen LogP contribution in [0.2, 0.25) is 5.02 Å². The maximum atomic E-state index is 13.7. The largest absolute Gasteiger partial charge is 1.00 e. The van der Waals surface area contributed by atoms with Gasteiger partial charge in [0, 0.05) is 71.7 Å².